The van der Waals surface area contributed by atoms with Gasteiger partial charge in [-0.2, -0.15) is 4.31 Å². The Labute approximate surface area is 195 Å². The van der Waals surface area contributed by atoms with Crippen LogP contribution in [0.25, 0.3) is 0 Å². The molecule has 1 aromatic rings. The molecule has 1 aromatic carbocycles. The van der Waals surface area contributed by atoms with E-state index in [1.54, 1.807) is 23.1 Å². The minimum atomic E-state index is -3.55. The van der Waals surface area contributed by atoms with E-state index in [9.17, 15) is 22.8 Å². The Morgan fingerprint density at radius 2 is 1.85 bits per heavy atom. The summed E-state index contributed by atoms with van der Waals surface area (Å²) in [6.45, 7) is 5.14. The van der Waals surface area contributed by atoms with Crippen LogP contribution in [0.5, 0.6) is 0 Å². The quantitative estimate of drug-likeness (QED) is 0.579. The van der Waals surface area contributed by atoms with Crippen molar-refractivity contribution in [2.75, 3.05) is 31.1 Å². The highest BCUT2D eigenvalue weighted by Crippen LogP contribution is 2.35. The summed E-state index contributed by atoms with van der Waals surface area (Å²) in [6, 6.07) is 4.58. The SMILES string of the molecule is CCN(CC)S(=O)(=O)c1ccc2c(c1)CCN2C(=O)CCCN1C(=O)NC2(CCCC2)C1=O. The maximum atomic E-state index is 12.9. The molecule has 1 saturated heterocycles. The second kappa shape index (κ2) is 9.06. The fraction of sp³-hybridized carbons (Fsp3) is 0.609. The number of fused-ring (bicyclic) bond motifs is 1. The Balaban J connectivity index is 1.37. The van der Waals surface area contributed by atoms with Crippen molar-refractivity contribution in [2.45, 2.75) is 69.2 Å². The van der Waals surface area contributed by atoms with Gasteiger partial charge in [0.15, 0.2) is 0 Å². The van der Waals surface area contributed by atoms with E-state index in [2.05, 4.69) is 5.32 Å². The van der Waals surface area contributed by atoms with Crippen molar-refractivity contribution >= 4 is 33.6 Å². The number of benzene rings is 1. The fourth-order valence-electron chi connectivity index (χ4n) is 5.23. The minimum absolute atomic E-state index is 0.0873. The van der Waals surface area contributed by atoms with Crippen LogP contribution in [0.15, 0.2) is 23.1 Å². The van der Waals surface area contributed by atoms with Crippen LogP contribution in [0.3, 0.4) is 0 Å². The van der Waals surface area contributed by atoms with Gasteiger partial charge in [-0.1, -0.05) is 26.7 Å². The van der Waals surface area contributed by atoms with Crippen molar-refractivity contribution in [1.29, 1.82) is 0 Å². The lowest BCUT2D eigenvalue weighted by Crippen LogP contribution is -2.44. The Morgan fingerprint density at radius 3 is 2.52 bits per heavy atom. The molecule has 2 fully saturated rings. The lowest BCUT2D eigenvalue weighted by Gasteiger charge is -2.21. The van der Waals surface area contributed by atoms with Gasteiger partial charge in [0.1, 0.15) is 5.54 Å². The summed E-state index contributed by atoms with van der Waals surface area (Å²) in [4.78, 5) is 41.1. The van der Waals surface area contributed by atoms with Crippen LogP contribution in [0, 0.1) is 0 Å². The van der Waals surface area contributed by atoms with E-state index in [1.165, 1.54) is 9.21 Å². The molecule has 2 heterocycles. The topological polar surface area (TPSA) is 107 Å². The molecule has 0 bridgehead atoms. The zero-order valence-electron chi connectivity index (χ0n) is 19.3. The molecule has 10 heteroatoms. The maximum Gasteiger partial charge on any atom is 0.325 e. The molecule has 3 aliphatic rings. The molecule has 4 rings (SSSR count). The monoisotopic (exact) mass is 476 g/mol. The number of sulfonamides is 1. The molecule has 9 nitrogen and oxygen atoms in total. The molecule has 0 aromatic heterocycles. The Bertz CT molecular complexity index is 1060. The zero-order valence-corrected chi connectivity index (χ0v) is 20.1. The number of hydrogen-bond donors (Lipinski definition) is 1. The van der Waals surface area contributed by atoms with E-state index >= 15 is 0 Å². The first-order chi connectivity index (χ1) is 15.7. The van der Waals surface area contributed by atoms with Crippen LogP contribution in [0.1, 0.15) is 57.9 Å². The highest BCUT2D eigenvalue weighted by molar-refractivity contribution is 7.89. The molecule has 1 spiro atoms. The predicted molar refractivity (Wildman–Crippen MR) is 123 cm³/mol. The van der Waals surface area contributed by atoms with Crippen LogP contribution < -0.4 is 10.2 Å². The Morgan fingerprint density at radius 1 is 1.15 bits per heavy atom. The fourth-order valence-corrected chi connectivity index (χ4v) is 6.74. The average Bonchev–Trinajstić information content (AvgIpc) is 3.48. The van der Waals surface area contributed by atoms with Crippen molar-refractivity contribution in [2.24, 2.45) is 0 Å². The second-order valence-electron chi connectivity index (χ2n) is 8.95. The Hall–Kier alpha value is -2.46. The van der Waals surface area contributed by atoms with Gasteiger partial charge < -0.3 is 10.2 Å². The third-order valence-corrected chi connectivity index (χ3v) is 9.11. The number of carbonyl (C=O) groups excluding carboxylic acids is 3. The molecule has 1 saturated carbocycles. The van der Waals surface area contributed by atoms with Crippen LogP contribution in [-0.2, 0) is 26.0 Å². The molecule has 1 N–H and O–H groups in total. The van der Waals surface area contributed by atoms with Gasteiger partial charge in [-0.3, -0.25) is 14.5 Å². The van der Waals surface area contributed by atoms with Crippen molar-refractivity contribution in [3.05, 3.63) is 23.8 Å². The van der Waals surface area contributed by atoms with E-state index in [0.29, 0.717) is 45.3 Å². The number of anilines is 1. The third kappa shape index (κ3) is 4.14. The van der Waals surface area contributed by atoms with Gasteiger partial charge in [0.25, 0.3) is 5.91 Å². The van der Waals surface area contributed by atoms with Gasteiger partial charge in [-0.05, 0) is 49.4 Å². The number of rotatable bonds is 8. The summed E-state index contributed by atoms with van der Waals surface area (Å²) in [5.41, 5.74) is 0.852. The molecule has 0 atom stereocenters. The molecule has 2 aliphatic heterocycles. The molecular weight excluding hydrogens is 444 g/mol. The zero-order chi connectivity index (χ0) is 23.8. The molecule has 4 amide bonds. The normalized spacial score (nSPS) is 19.6. The van der Waals surface area contributed by atoms with Gasteiger partial charge in [0.2, 0.25) is 15.9 Å². The first-order valence-electron chi connectivity index (χ1n) is 11.8. The van der Waals surface area contributed by atoms with Crippen molar-refractivity contribution in [1.82, 2.24) is 14.5 Å². The Kier molecular flexibility index (Phi) is 6.50. The summed E-state index contributed by atoms with van der Waals surface area (Å²) in [5, 5.41) is 2.86. The van der Waals surface area contributed by atoms with E-state index in [0.717, 1.165) is 24.1 Å². The molecule has 0 unspecified atom stereocenters. The first kappa shape index (κ1) is 23.7. The number of nitrogens with one attached hydrogen (secondary N) is 1. The summed E-state index contributed by atoms with van der Waals surface area (Å²) in [6.07, 6.45) is 4.44. The molecule has 180 valence electrons. The van der Waals surface area contributed by atoms with Gasteiger partial charge in [-0.25, -0.2) is 13.2 Å². The number of hydrogen-bond acceptors (Lipinski definition) is 5. The molecule has 1 aliphatic carbocycles. The third-order valence-electron chi connectivity index (χ3n) is 7.07. The number of urea groups is 1. The largest absolute Gasteiger partial charge is 0.325 e. The maximum absolute atomic E-state index is 12.9. The van der Waals surface area contributed by atoms with E-state index in [1.807, 2.05) is 13.8 Å². The van der Waals surface area contributed by atoms with Crippen molar-refractivity contribution in [3.8, 4) is 0 Å². The van der Waals surface area contributed by atoms with E-state index < -0.39 is 15.6 Å². The summed E-state index contributed by atoms with van der Waals surface area (Å²) >= 11 is 0. The van der Waals surface area contributed by atoms with Gasteiger partial charge in [0, 0.05) is 38.3 Å². The van der Waals surface area contributed by atoms with Crippen LogP contribution in [0.2, 0.25) is 0 Å². The predicted octanol–water partition coefficient (Wildman–Crippen LogP) is 2.25. The van der Waals surface area contributed by atoms with Crippen LogP contribution >= 0.6 is 0 Å². The summed E-state index contributed by atoms with van der Waals surface area (Å²) in [7, 11) is -3.55. The van der Waals surface area contributed by atoms with Crippen molar-refractivity contribution in [3.63, 3.8) is 0 Å². The van der Waals surface area contributed by atoms with E-state index in [-0.39, 0.29) is 35.7 Å². The van der Waals surface area contributed by atoms with Crippen LogP contribution in [0.4, 0.5) is 10.5 Å². The summed E-state index contributed by atoms with van der Waals surface area (Å²) < 4.78 is 27.0. The second-order valence-corrected chi connectivity index (χ2v) is 10.9. The number of amides is 4. The first-order valence-corrected chi connectivity index (χ1v) is 13.2. The minimum Gasteiger partial charge on any atom is -0.323 e. The average molecular weight is 477 g/mol. The highest BCUT2D eigenvalue weighted by atomic mass is 32.2. The smallest absolute Gasteiger partial charge is 0.323 e. The van der Waals surface area contributed by atoms with Gasteiger partial charge in [0.05, 0.1) is 4.90 Å². The standard InChI is InChI=1S/C23H32N4O5S/c1-3-25(4-2)33(31,32)18-9-10-19-17(16-18)11-15-26(19)20(28)8-7-14-27-21(29)23(24-22(27)30)12-5-6-13-23/h9-10,16H,3-8,11-15H2,1-2H3,(H,24,30). The van der Waals surface area contributed by atoms with E-state index in [4.69, 9.17) is 0 Å². The summed E-state index contributed by atoms with van der Waals surface area (Å²) in [5.74, 6) is -0.248. The number of nitrogens with zero attached hydrogens (tertiary/aromatic N) is 3. The van der Waals surface area contributed by atoms with Gasteiger partial charge >= 0.3 is 6.03 Å². The molecule has 0 radical (unpaired) electrons. The highest BCUT2D eigenvalue weighted by Gasteiger charge is 2.52. The lowest BCUT2D eigenvalue weighted by molar-refractivity contribution is -0.131. The van der Waals surface area contributed by atoms with Gasteiger partial charge in [-0.15, -0.1) is 0 Å². The van der Waals surface area contributed by atoms with Crippen molar-refractivity contribution < 1.29 is 22.8 Å². The molecular formula is C23H32N4O5S. The molecule has 33 heavy (non-hydrogen) atoms. The number of imide groups is 1. The van der Waals surface area contributed by atoms with Crippen LogP contribution in [-0.4, -0.2) is 67.2 Å². The lowest BCUT2D eigenvalue weighted by atomic mass is 9.98. The number of carbonyl (C=O) groups is 3.